The highest BCUT2D eigenvalue weighted by Crippen LogP contribution is 2.46. The Morgan fingerprint density at radius 3 is 1.00 bits per heavy atom. The van der Waals surface area contributed by atoms with Crippen molar-refractivity contribution in [3.8, 4) is 0 Å². The minimum atomic E-state index is -0.527. The van der Waals surface area contributed by atoms with Gasteiger partial charge in [-0.2, -0.15) is 0 Å². The van der Waals surface area contributed by atoms with Crippen LogP contribution in [-0.2, 0) is 0 Å². The number of rotatable bonds is 10. The summed E-state index contributed by atoms with van der Waals surface area (Å²) in [6.45, 7) is 18.5. The number of thiol groups is 2. The molecule has 0 amide bonds. The second-order valence-electron chi connectivity index (χ2n) is 6.06. The average molecular weight is 323 g/mol. The number of hydrogen-bond acceptors (Lipinski definition) is 3. The fourth-order valence-electron chi connectivity index (χ4n) is 2.44. The molecule has 0 aromatic heterocycles. The van der Waals surface area contributed by atoms with Crippen molar-refractivity contribution >= 4 is 22.0 Å². The summed E-state index contributed by atoms with van der Waals surface area (Å²) in [6.07, 6.45) is 4.77. The summed E-state index contributed by atoms with van der Waals surface area (Å²) < 4.78 is 5.33. The molecule has 0 saturated heterocycles. The highest BCUT2D eigenvalue weighted by atomic mass is 33.1. The van der Waals surface area contributed by atoms with Crippen LogP contribution in [0, 0.1) is 0 Å². The van der Waals surface area contributed by atoms with Crippen molar-refractivity contribution in [1.29, 1.82) is 0 Å². The Morgan fingerprint density at radius 1 is 0.650 bits per heavy atom. The molecular weight excluding hydrogens is 284 g/mol. The normalized spacial score (nSPS) is 20.9. The molecule has 0 aromatic carbocycles. The van der Waals surface area contributed by atoms with Crippen LogP contribution in [0.2, 0.25) is 0 Å². The van der Waals surface area contributed by atoms with Crippen LogP contribution in [0.4, 0.5) is 0 Å². The highest BCUT2D eigenvalue weighted by Gasteiger charge is 2.30. The minimum absolute atomic E-state index is 0.527. The number of hydrogen-bond donors (Lipinski definition) is 2. The van der Waals surface area contributed by atoms with E-state index in [0.29, 0.717) is 24.2 Å². The Kier molecular flexibility index (Phi) is 10.7. The maximum atomic E-state index is 5.11. The van der Waals surface area contributed by atoms with Crippen molar-refractivity contribution in [3.63, 3.8) is 0 Å². The zero-order valence-corrected chi connectivity index (χ0v) is 16.7. The van der Waals surface area contributed by atoms with Gasteiger partial charge in [0.2, 0.25) is 0 Å². The lowest BCUT2D eigenvalue weighted by molar-refractivity contribution is 0.237. The largest absolute Gasteiger partial charge is 0.245 e. The first kappa shape index (κ1) is 20.6. The van der Waals surface area contributed by atoms with Gasteiger partial charge in [0.05, 0.1) is 0 Å². The molecule has 0 bridgehead atoms. The predicted octanol–water partition coefficient (Wildman–Crippen LogP) is 5.46. The second kappa shape index (κ2) is 10.4. The second-order valence-corrected chi connectivity index (χ2v) is 8.59. The van der Waals surface area contributed by atoms with Crippen LogP contribution in [-0.4, -0.2) is 32.8 Å². The zero-order chi connectivity index (χ0) is 15.9. The zero-order valence-electron chi connectivity index (χ0n) is 14.9. The molecule has 0 aromatic rings. The first-order valence-corrected chi connectivity index (χ1v) is 10.8. The van der Waals surface area contributed by atoms with Crippen molar-refractivity contribution in [2.24, 2.45) is 0 Å². The summed E-state index contributed by atoms with van der Waals surface area (Å²) in [5.74, 6) is 0. The third-order valence-electron chi connectivity index (χ3n) is 4.58. The van der Waals surface area contributed by atoms with Gasteiger partial charge in [-0.05, 0) is 53.4 Å². The van der Waals surface area contributed by atoms with E-state index in [2.05, 4.69) is 64.0 Å². The van der Waals surface area contributed by atoms with Gasteiger partial charge in [0, 0.05) is 24.2 Å². The van der Waals surface area contributed by atoms with Crippen LogP contribution in [0.15, 0.2) is 0 Å². The smallest absolute Gasteiger partial charge is 0.0175 e. The maximum absolute atomic E-state index is 5.11. The molecule has 0 aliphatic heterocycles. The molecule has 0 fully saturated rings. The molecule has 0 radical (unpaired) electrons. The van der Waals surface area contributed by atoms with E-state index in [0.717, 1.165) is 0 Å². The lowest BCUT2D eigenvalue weighted by Gasteiger charge is -2.49. The summed E-state index contributed by atoms with van der Waals surface area (Å²) in [5.41, 5.74) is 0. The van der Waals surface area contributed by atoms with Crippen LogP contribution in [0.25, 0.3) is 0 Å². The molecule has 4 unspecified atom stereocenters. The fourth-order valence-corrected chi connectivity index (χ4v) is 6.86. The van der Waals surface area contributed by atoms with Crippen molar-refractivity contribution in [1.82, 2.24) is 8.61 Å². The molecule has 20 heavy (non-hydrogen) atoms. The SMILES string of the molecule is CCC(C)N(C(C)CC)[SH](S)N(C(C)CC)C(C)CC. The summed E-state index contributed by atoms with van der Waals surface area (Å²) in [4.78, 5) is 0. The summed E-state index contributed by atoms with van der Waals surface area (Å²) in [7, 11) is -0.527. The monoisotopic (exact) mass is 322 g/mol. The Balaban J connectivity index is 5.28. The first-order chi connectivity index (χ1) is 9.35. The Morgan fingerprint density at radius 2 is 0.850 bits per heavy atom. The van der Waals surface area contributed by atoms with Crippen LogP contribution < -0.4 is 0 Å². The van der Waals surface area contributed by atoms with Crippen molar-refractivity contribution in [2.75, 3.05) is 0 Å². The van der Waals surface area contributed by atoms with Gasteiger partial charge in [-0.1, -0.05) is 38.0 Å². The van der Waals surface area contributed by atoms with Gasteiger partial charge in [-0.15, -0.1) is 11.7 Å². The van der Waals surface area contributed by atoms with Gasteiger partial charge in [0.25, 0.3) is 0 Å². The lowest BCUT2D eigenvalue weighted by Crippen LogP contribution is -2.45. The molecule has 4 atom stereocenters. The quantitative estimate of drug-likeness (QED) is 0.407. The third-order valence-corrected chi connectivity index (χ3v) is 8.23. The molecule has 0 spiro atoms. The Hall–Kier alpha value is 0.620. The van der Waals surface area contributed by atoms with E-state index in [-0.39, 0.29) is 0 Å². The van der Waals surface area contributed by atoms with E-state index >= 15 is 0 Å². The molecule has 124 valence electrons. The molecule has 0 N–H and O–H groups in total. The highest BCUT2D eigenvalue weighted by molar-refractivity contribution is 8.76. The van der Waals surface area contributed by atoms with Crippen LogP contribution in [0.3, 0.4) is 0 Å². The molecule has 0 heterocycles. The van der Waals surface area contributed by atoms with Crippen LogP contribution in [0.1, 0.15) is 81.1 Å². The minimum Gasteiger partial charge on any atom is -0.245 e. The van der Waals surface area contributed by atoms with Crippen molar-refractivity contribution in [3.05, 3.63) is 0 Å². The van der Waals surface area contributed by atoms with E-state index in [4.69, 9.17) is 11.7 Å². The van der Waals surface area contributed by atoms with Gasteiger partial charge in [-0.3, -0.25) is 0 Å². The predicted molar refractivity (Wildman–Crippen MR) is 101 cm³/mol. The van der Waals surface area contributed by atoms with Gasteiger partial charge >= 0.3 is 0 Å². The van der Waals surface area contributed by atoms with Crippen LogP contribution in [0.5, 0.6) is 0 Å². The van der Waals surface area contributed by atoms with E-state index in [1.54, 1.807) is 0 Å². The van der Waals surface area contributed by atoms with Gasteiger partial charge in [0.15, 0.2) is 0 Å². The first-order valence-electron chi connectivity index (χ1n) is 8.40. The van der Waals surface area contributed by atoms with Crippen molar-refractivity contribution < 1.29 is 0 Å². The molecule has 0 aliphatic carbocycles. The van der Waals surface area contributed by atoms with E-state index in [9.17, 15) is 0 Å². The van der Waals surface area contributed by atoms with Gasteiger partial charge in [-0.25, -0.2) is 8.61 Å². The third kappa shape index (κ3) is 5.43. The number of nitrogens with zero attached hydrogens (tertiary/aromatic N) is 2. The standard InChI is InChI=1S/C16H38N2S2/c1-9-13(5)17(14(6)10-2)20(19)18(15(7)11-3)16(8)12-4/h13-16,19-20H,9-12H2,1-8H3. The Bertz CT molecular complexity index is 207. The maximum Gasteiger partial charge on any atom is 0.0175 e. The lowest BCUT2D eigenvalue weighted by atomic mass is 10.2. The van der Waals surface area contributed by atoms with E-state index in [1.807, 2.05) is 0 Å². The molecular formula is C16H38N2S2. The van der Waals surface area contributed by atoms with Crippen LogP contribution >= 0.6 is 22.0 Å². The summed E-state index contributed by atoms with van der Waals surface area (Å²) in [6, 6.07) is 2.40. The van der Waals surface area contributed by atoms with Gasteiger partial charge in [0.1, 0.15) is 0 Å². The summed E-state index contributed by atoms with van der Waals surface area (Å²) >= 11 is 5.11. The molecule has 2 nitrogen and oxygen atoms in total. The Labute approximate surface area is 136 Å². The average Bonchev–Trinajstić information content (AvgIpc) is 2.46. The summed E-state index contributed by atoms with van der Waals surface area (Å²) in [5, 5.41) is 0. The van der Waals surface area contributed by atoms with Crippen molar-refractivity contribution in [2.45, 2.75) is 105 Å². The van der Waals surface area contributed by atoms with E-state index < -0.39 is 10.3 Å². The molecule has 4 heteroatoms. The topological polar surface area (TPSA) is 6.48 Å². The van der Waals surface area contributed by atoms with Gasteiger partial charge < -0.3 is 0 Å². The van der Waals surface area contributed by atoms with E-state index in [1.165, 1.54) is 25.7 Å². The molecule has 0 rings (SSSR count). The molecule has 0 aliphatic rings. The fraction of sp³-hybridized carbons (Fsp3) is 1.00. The molecule has 0 saturated carbocycles.